The summed E-state index contributed by atoms with van der Waals surface area (Å²) in [6, 6.07) is 10.9. The van der Waals surface area contributed by atoms with E-state index in [1.807, 2.05) is 24.3 Å². The lowest BCUT2D eigenvalue weighted by Gasteiger charge is -2.42. The van der Waals surface area contributed by atoms with Gasteiger partial charge in [0, 0.05) is 18.8 Å². The van der Waals surface area contributed by atoms with E-state index in [9.17, 15) is 18.4 Å². The number of aromatic nitrogens is 4. The molecule has 2 amide bonds. The van der Waals surface area contributed by atoms with Crippen LogP contribution in [0, 0.1) is 6.92 Å². The fraction of sp³-hybridized carbons (Fsp3) is 0.423. The number of aryl methyl sites for hydroxylation is 1. The van der Waals surface area contributed by atoms with Crippen molar-refractivity contribution >= 4 is 17.5 Å². The molecule has 0 spiro atoms. The molecule has 3 heterocycles. The second kappa shape index (κ2) is 11.0. The summed E-state index contributed by atoms with van der Waals surface area (Å²) in [5.74, 6) is -0.691. The van der Waals surface area contributed by atoms with Gasteiger partial charge < -0.3 is 15.0 Å². The molecule has 196 valence electrons. The first-order chi connectivity index (χ1) is 17.7. The molecule has 0 unspecified atom stereocenters. The van der Waals surface area contributed by atoms with Gasteiger partial charge in [-0.15, -0.1) is 0 Å². The van der Waals surface area contributed by atoms with Crippen LogP contribution in [0.25, 0.3) is 0 Å². The van der Waals surface area contributed by atoms with Gasteiger partial charge in [0.1, 0.15) is 12.2 Å². The number of ether oxygens (including phenoxy) is 1. The lowest BCUT2D eigenvalue weighted by molar-refractivity contribution is -0.136. The second-order valence-electron chi connectivity index (χ2n) is 9.40. The van der Waals surface area contributed by atoms with E-state index in [-0.39, 0.29) is 35.8 Å². The molecule has 4 rings (SSSR count). The van der Waals surface area contributed by atoms with E-state index in [1.54, 1.807) is 17.9 Å². The van der Waals surface area contributed by atoms with Gasteiger partial charge in [0.2, 0.25) is 17.7 Å². The zero-order valence-electron chi connectivity index (χ0n) is 21.0. The average Bonchev–Trinajstić information content (AvgIpc) is 3.38. The molecule has 1 aromatic carbocycles. The van der Waals surface area contributed by atoms with Gasteiger partial charge in [0.25, 0.3) is 0 Å². The third-order valence-corrected chi connectivity index (χ3v) is 6.69. The summed E-state index contributed by atoms with van der Waals surface area (Å²) in [6.07, 6.45) is 3.72. The number of nitrogens with one attached hydrogen (secondary N) is 1. The Balaban J connectivity index is 1.65. The van der Waals surface area contributed by atoms with E-state index < -0.39 is 12.0 Å². The third-order valence-electron chi connectivity index (χ3n) is 6.69. The highest BCUT2D eigenvalue weighted by atomic mass is 19.3. The minimum atomic E-state index is -3.08. The standard InChI is InChI=1S/C26H30F2N6O3/c1-17(2)19-6-4-5-7-20(19)26(10-14-33(15-11-26)22(35)16-34-29-12-13-30-34)24(36)32-21-9-8-18(3)31-23(21)37-25(27)28/h4-9,12-13,17,25H,10-11,14-16H2,1-3H3,(H,32,36). The summed E-state index contributed by atoms with van der Waals surface area (Å²) in [7, 11) is 0. The van der Waals surface area contributed by atoms with Gasteiger partial charge in [-0.1, -0.05) is 38.1 Å². The largest absolute Gasteiger partial charge is 0.415 e. The molecule has 0 saturated carbocycles. The fourth-order valence-corrected chi connectivity index (χ4v) is 4.78. The smallest absolute Gasteiger partial charge is 0.388 e. The van der Waals surface area contributed by atoms with Gasteiger partial charge in [-0.25, -0.2) is 4.98 Å². The van der Waals surface area contributed by atoms with E-state index in [0.29, 0.717) is 31.6 Å². The minimum absolute atomic E-state index is 0.0120. The van der Waals surface area contributed by atoms with Crippen molar-refractivity contribution in [2.75, 3.05) is 18.4 Å². The summed E-state index contributed by atoms with van der Waals surface area (Å²) in [4.78, 5) is 33.9. The lowest BCUT2D eigenvalue weighted by Crippen LogP contribution is -2.52. The molecule has 11 heteroatoms. The van der Waals surface area contributed by atoms with Crippen molar-refractivity contribution < 1.29 is 23.1 Å². The number of nitrogens with zero attached hydrogens (tertiary/aromatic N) is 5. The maximum absolute atomic E-state index is 14.0. The second-order valence-corrected chi connectivity index (χ2v) is 9.40. The van der Waals surface area contributed by atoms with E-state index in [1.165, 1.54) is 23.3 Å². The Hall–Kier alpha value is -3.89. The van der Waals surface area contributed by atoms with Crippen molar-refractivity contribution in [2.24, 2.45) is 0 Å². The predicted molar refractivity (Wildman–Crippen MR) is 132 cm³/mol. The van der Waals surface area contributed by atoms with Gasteiger partial charge >= 0.3 is 6.61 Å². The molecule has 9 nitrogen and oxygen atoms in total. The van der Waals surface area contributed by atoms with Gasteiger partial charge in [-0.3, -0.25) is 9.59 Å². The maximum Gasteiger partial charge on any atom is 0.388 e. The number of hydrogen-bond acceptors (Lipinski definition) is 6. The Morgan fingerprint density at radius 3 is 2.41 bits per heavy atom. The molecular formula is C26H30F2N6O3. The highest BCUT2D eigenvalue weighted by Gasteiger charge is 2.45. The molecule has 0 atom stereocenters. The van der Waals surface area contributed by atoms with Gasteiger partial charge in [-0.2, -0.15) is 23.8 Å². The number of piperidine rings is 1. The van der Waals surface area contributed by atoms with Crippen LogP contribution in [-0.4, -0.2) is 56.4 Å². The molecule has 0 bridgehead atoms. The number of halogens is 2. The van der Waals surface area contributed by atoms with Gasteiger partial charge in [-0.05, 0) is 48.9 Å². The summed E-state index contributed by atoms with van der Waals surface area (Å²) in [5, 5.41) is 10.8. The summed E-state index contributed by atoms with van der Waals surface area (Å²) in [5.41, 5.74) is 1.44. The van der Waals surface area contributed by atoms with Crippen molar-refractivity contribution in [3.8, 4) is 5.88 Å². The van der Waals surface area contributed by atoms with Crippen LogP contribution in [0.15, 0.2) is 48.8 Å². The van der Waals surface area contributed by atoms with Crippen LogP contribution in [0.4, 0.5) is 14.5 Å². The fourth-order valence-electron chi connectivity index (χ4n) is 4.78. The molecular weight excluding hydrogens is 482 g/mol. The molecule has 0 aliphatic carbocycles. The number of hydrogen-bond donors (Lipinski definition) is 1. The number of rotatable bonds is 8. The SMILES string of the molecule is Cc1ccc(NC(=O)C2(c3ccccc3C(C)C)CCN(C(=O)Cn3nccn3)CC2)c(OC(F)F)n1. The third kappa shape index (κ3) is 5.76. The maximum atomic E-state index is 14.0. The first-order valence-corrected chi connectivity index (χ1v) is 12.1. The van der Waals surface area contributed by atoms with Crippen molar-refractivity contribution in [2.45, 2.75) is 58.1 Å². The quantitative estimate of drug-likeness (QED) is 0.491. The number of benzene rings is 1. The Labute approximate surface area is 213 Å². The highest BCUT2D eigenvalue weighted by molar-refractivity contribution is 6.00. The Morgan fingerprint density at radius 2 is 1.76 bits per heavy atom. The molecule has 3 aromatic rings. The van der Waals surface area contributed by atoms with Crippen molar-refractivity contribution in [3.05, 3.63) is 65.6 Å². The number of amides is 2. The molecule has 0 radical (unpaired) electrons. The van der Waals surface area contributed by atoms with Crippen LogP contribution in [0.3, 0.4) is 0 Å². The molecule has 1 saturated heterocycles. The zero-order valence-corrected chi connectivity index (χ0v) is 21.0. The molecule has 1 fully saturated rings. The summed E-state index contributed by atoms with van der Waals surface area (Å²) < 4.78 is 30.7. The lowest BCUT2D eigenvalue weighted by atomic mass is 9.69. The molecule has 37 heavy (non-hydrogen) atoms. The topological polar surface area (TPSA) is 102 Å². The van der Waals surface area contributed by atoms with Crippen LogP contribution in [0.5, 0.6) is 5.88 Å². The minimum Gasteiger partial charge on any atom is -0.415 e. The van der Waals surface area contributed by atoms with E-state index in [2.05, 4.69) is 39.1 Å². The van der Waals surface area contributed by atoms with Gasteiger partial charge in [0.15, 0.2) is 0 Å². The first kappa shape index (κ1) is 26.2. The number of likely N-dealkylation sites (tertiary alicyclic amines) is 1. The molecule has 1 N–H and O–H groups in total. The Bertz CT molecular complexity index is 1240. The highest BCUT2D eigenvalue weighted by Crippen LogP contribution is 2.41. The van der Waals surface area contributed by atoms with E-state index in [0.717, 1.165) is 11.1 Å². The molecule has 1 aliphatic rings. The number of alkyl halides is 2. The van der Waals surface area contributed by atoms with Crippen LogP contribution in [-0.2, 0) is 21.5 Å². The van der Waals surface area contributed by atoms with E-state index in [4.69, 9.17) is 0 Å². The van der Waals surface area contributed by atoms with Crippen LogP contribution >= 0.6 is 0 Å². The molecule has 1 aliphatic heterocycles. The summed E-state index contributed by atoms with van der Waals surface area (Å²) in [6.45, 7) is 3.36. The number of pyridine rings is 1. The average molecular weight is 513 g/mol. The Morgan fingerprint density at radius 1 is 1.08 bits per heavy atom. The van der Waals surface area contributed by atoms with Crippen LogP contribution < -0.4 is 10.1 Å². The zero-order chi connectivity index (χ0) is 26.6. The van der Waals surface area contributed by atoms with Crippen molar-refractivity contribution in [3.63, 3.8) is 0 Å². The summed E-state index contributed by atoms with van der Waals surface area (Å²) >= 11 is 0. The molecule has 2 aromatic heterocycles. The number of carbonyl (C=O) groups is 2. The predicted octanol–water partition coefficient (Wildman–Crippen LogP) is 3.91. The van der Waals surface area contributed by atoms with Crippen molar-refractivity contribution in [1.82, 2.24) is 24.9 Å². The Kier molecular flexibility index (Phi) is 7.80. The van der Waals surface area contributed by atoms with Crippen LogP contribution in [0.1, 0.15) is 49.4 Å². The van der Waals surface area contributed by atoms with Crippen molar-refractivity contribution in [1.29, 1.82) is 0 Å². The van der Waals surface area contributed by atoms with Crippen LogP contribution in [0.2, 0.25) is 0 Å². The monoisotopic (exact) mass is 512 g/mol. The van der Waals surface area contributed by atoms with Gasteiger partial charge in [0.05, 0.1) is 17.8 Å². The normalized spacial score (nSPS) is 15.2. The first-order valence-electron chi connectivity index (χ1n) is 12.1. The van der Waals surface area contributed by atoms with E-state index >= 15 is 0 Å². The number of carbonyl (C=O) groups excluding carboxylic acids is 2. The number of anilines is 1.